The molecule has 2 rings (SSSR count). The molecule has 0 atom stereocenters. The van der Waals surface area contributed by atoms with E-state index in [-0.39, 0.29) is 26.6 Å². The molecule has 0 saturated heterocycles. The number of rotatable bonds is 3. The van der Waals surface area contributed by atoms with Crippen molar-refractivity contribution in [2.45, 2.75) is 18.7 Å². The van der Waals surface area contributed by atoms with Crippen LogP contribution >= 0.6 is 23.2 Å². The van der Waals surface area contributed by atoms with Gasteiger partial charge in [0.2, 0.25) is 0 Å². The van der Waals surface area contributed by atoms with E-state index < -0.39 is 10.0 Å². The fourth-order valence-corrected chi connectivity index (χ4v) is 3.68. The van der Waals surface area contributed by atoms with Crippen molar-refractivity contribution in [2.24, 2.45) is 0 Å². The topological polar surface area (TPSA) is 111 Å². The lowest BCUT2D eigenvalue weighted by molar-refractivity contribution is 0.600. The molecule has 3 N–H and O–H groups in total. The summed E-state index contributed by atoms with van der Waals surface area (Å²) < 4.78 is 26.8. The smallest absolute Gasteiger partial charge is 0.267 e. The summed E-state index contributed by atoms with van der Waals surface area (Å²) in [4.78, 5) is 3.70. The first-order valence-corrected chi connectivity index (χ1v) is 7.90. The van der Waals surface area contributed by atoms with Crippen molar-refractivity contribution >= 4 is 44.9 Å². The second-order valence-electron chi connectivity index (χ2n) is 4.23. The number of benzene rings is 1. The van der Waals surface area contributed by atoms with Gasteiger partial charge in [-0.1, -0.05) is 23.2 Å². The van der Waals surface area contributed by atoms with Crippen molar-refractivity contribution in [1.82, 2.24) is 15.2 Å². The Morgan fingerprint density at radius 2 is 1.67 bits per heavy atom. The predicted molar refractivity (Wildman–Crippen MR) is 81.0 cm³/mol. The zero-order valence-electron chi connectivity index (χ0n) is 11.1. The zero-order chi connectivity index (χ0) is 15.8. The largest absolute Gasteiger partial charge is 0.399 e. The Kier molecular flexibility index (Phi) is 4.22. The van der Waals surface area contributed by atoms with Crippen LogP contribution in [0.4, 0.5) is 11.6 Å². The minimum atomic E-state index is -4.06. The Labute approximate surface area is 131 Å². The van der Waals surface area contributed by atoms with Gasteiger partial charge in [0, 0.05) is 5.69 Å². The lowest BCUT2D eigenvalue weighted by atomic mass is 10.3. The highest BCUT2D eigenvalue weighted by molar-refractivity contribution is 7.93. The first kappa shape index (κ1) is 15.7. The van der Waals surface area contributed by atoms with Crippen LogP contribution in [0.15, 0.2) is 17.0 Å². The van der Waals surface area contributed by atoms with Crippen LogP contribution < -0.4 is 10.5 Å². The Morgan fingerprint density at radius 3 is 2.19 bits per heavy atom. The van der Waals surface area contributed by atoms with Crippen LogP contribution in [0, 0.1) is 13.8 Å². The summed E-state index contributed by atoms with van der Waals surface area (Å²) in [5, 5.41) is 7.27. The fourth-order valence-electron chi connectivity index (χ4n) is 1.51. The van der Waals surface area contributed by atoms with E-state index in [4.69, 9.17) is 28.9 Å². The number of sulfonamides is 1. The summed E-state index contributed by atoms with van der Waals surface area (Å²) in [5.41, 5.74) is 6.95. The Balaban J connectivity index is 2.46. The monoisotopic (exact) mass is 347 g/mol. The standard InChI is InChI=1S/C11H11Cl2N5O2S/c1-5-6(2)16-17-11(15-5)18-21(19,20)10-8(12)3-7(14)4-9(10)13/h3-4H,14H2,1-2H3,(H,15,17,18). The molecule has 0 bridgehead atoms. The van der Waals surface area contributed by atoms with E-state index in [1.807, 2.05) is 0 Å². The third kappa shape index (κ3) is 3.34. The Bertz CT molecular complexity index is 787. The van der Waals surface area contributed by atoms with E-state index in [0.717, 1.165) is 0 Å². The van der Waals surface area contributed by atoms with Crippen LogP contribution in [0.25, 0.3) is 0 Å². The first-order chi connectivity index (χ1) is 9.70. The summed E-state index contributed by atoms with van der Waals surface area (Å²) in [6.45, 7) is 3.40. The normalized spacial score (nSPS) is 11.4. The molecule has 2 aromatic rings. The number of halogens is 2. The summed E-state index contributed by atoms with van der Waals surface area (Å²) >= 11 is 11.8. The van der Waals surface area contributed by atoms with Crippen LogP contribution in [0.1, 0.15) is 11.4 Å². The average Bonchev–Trinajstić information content (AvgIpc) is 2.31. The highest BCUT2D eigenvalue weighted by atomic mass is 35.5. The van der Waals surface area contributed by atoms with E-state index in [1.54, 1.807) is 13.8 Å². The Hall–Kier alpha value is -1.64. The summed E-state index contributed by atoms with van der Waals surface area (Å²) in [7, 11) is -4.06. The number of nitrogens with two attached hydrogens (primary N) is 1. The van der Waals surface area contributed by atoms with E-state index in [1.165, 1.54) is 12.1 Å². The zero-order valence-corrected chi connectivity index (χ0v) is 13.4. The maximum atomic E-state index is 12.3. The quantitative estimate of drug-likeness (QED) is 0.823. The minimum absolute atomic E-state index is 0.0932. The summed E-state index contributed by atoms with van der Waals surface area (Å²) in [6, 6.07) is 2.59. The summed E-state index contributed by atoms with van der Waals surface area (Å²) in [5.74, 6) is -0.165. The molecule has 0 amide bonds. The maximum absolute atomic E-state index is 12.3. The molecule has 112 valence electrons. The molecule has 7 nitrogen and oxygen atoms in total. The number of nitrogens with zero attached hydrogens (tertiary/aromatic N) is 3. The first-order valence-electron chi connectivity index (χ1n) is 5.66. The second kappa shape index (κ2) is 5.63. The number of nitrogen functional groups attached to an aromatic ring is 1. The van der Waals surface area contributed by atoms with Crippen LogP contribution in [0.5, 0.6) is 0 Å². The second-order valence-corrected chi connectivity index (χ2v) is 6.66. The minimum Gasteiger partial charge on any atom is -0.399 e. The third-order valence-corrected chi connectivity index (χ3v) is 4.86. The number of hydrogen-bond donors (Lipinski definition) is 2. The maximum Gasteiger partial charge on any atom is 0.267 e. The van der Waals surface area contributed by atoms with Crippen molar-refractivity contribution in [3.63, 3.8) is 0 Å². The van der Waals surface area contributed by atoms with Gasteiger partial charge in [-0.3, -0.25) is 0 Å². The lowest BCUT2D eigenvalue weighted by Crippen LogP contribution is -2.17. The van der Waals surface area contributed by atoms with Gasteiger partial charge in [0.15, 0.2) is 0 Å². The van der Waals surface area contributed by atoms with E-state index in [2.05, 4.69) is 19.9 Å². The van der Waals surface area contributed by atoms with Gasteiger partial charge in [-0.2, -0.15) is 5.10 Å². The van der Waals surface area contributed by atoms with Gasteiger partial charge in [0.1, 0.15) is 4.90 Å². The van der Waals surface area contributed by atoms with E-state index in [0.29, 0.717) is 11.4 Å². The molecule has 0 unspecified atom stereocenters. The molecule has 21 heavy (non-hydrogen) atoms. The molecule has 0 aliphatic heterocycles. The molecular weight excluding hydrogens is 337 g/mol. The highest BCUT2D eigenvalue weighted by Gasteiger charge is 2.23. The molecule has 0 aliphatic carbocycles. The molecule has 10 heteroatoms. The molecule has 0 aliphatic rings. The van der Waals surface area contributed by atoms with Gasteiger partial charge in [-0.05, 0) is 26.0 Å². The van der Waals surface area contributed by atoms with Gasteiger partial charge >= 0.3 is 0 Å². The van der Waals surface area contributed by atoms with Crippen molar-refractivity contribution in [1.29, 1.82) is 0 Å². The molecular formula is C11H11Cl2N5O2S. The van der Waals surface area contributed by atoms with Gasteiger partial charge in [0.05, 0.1) is 21.4 Å². The van der Waals surface area contributed by atoms with E-state index >= 15 is 0 Å². The molecule has 1 aromatic carbocycles. The third-order valence-electron chi connectivity index (χ3n) is 2.61. The van der Waals surface area contributed by atoms with Gasteiger partial charge in [-0.15, -0.1) is 5.10 Å². The van der Waals surface area contributed by atoms with E-state index in [9.17, 15) is 8.42 Å². The SMILES string of the molecule is Cc1nnc(NS(=O)(=O)c2c(Cl)cc(N)cc2Cl)nc1C. The molecule has 0 saturated carbocycles. The van der Waals surface area contributed by atoms with Crippen LogP contribution in [0.3, 0.4) is 0 Å². The van der Waals surface area contributed by atoms with Crippen molar-refractivity contribution in [2.75, 3.05) is 10.5 Å². The Morgan fingerprint density at radius 1 is 1.10 bits per heavy atom. The summed E-state index contributed by atoms with van der Waals surface area (Å²) in [6.07, 6.45) is 0. The molecule has 1 heterocycles. The molecule has 1 aromatic heterocycles. The molecule has 0 fully saturated rings. The lowest BCUT2D eigenvalue weighted by Gasteiger charge is -2.10. The van der Waals surface area contributed by atoms with Crippen molar-refractivity contribution in [3.8, 4) is 0 Å². The number of nitrogens with one attached hydrogen (secondary N) is 1. The number of aromatic nitrogens is 3. The van der Waals surface area contributed by atoms with Gasteiger partial charge in [0.25, 0.3) is 16.0 Å². The number of aryl methyl sites for hydroxylation is 2. The van der Waals surface area contributed by atoms with Crippen LogP contribution in [-0.4, -0.2) is 23.6 Å². The highest BCUT2D eigenvalue weighted by Crippen LogP contribution is 2.32. The number of anilines is 2. The average molecular weight is 348 g/mol. The fraction of sp³-hybridized carbons (Fsp3) is 0.182. The number of hydrogen-bond acceptors (Lipinski definition) is 6. The van der Waals surface area contributed by atoms with Crippen LogP contribution in [-0.2, 0) is 10.0 Å². The van der Waals surface area contributed by atoms with Gasteiger partial charge in [-0.25, -0.2) is 18.1 Å². The van der Waals surface area contributed by atoms with Crippen LogP contribution in [0.2, 0.25) is 10.0 Å². The van der Waals surface area contributed by atoms with Gasteiger partial charge < -0.3 is 5.73 Å². The molecule has 0 radical (unpaired) electrons. The van der Waals surface area contributed by atoms with Crippen molar-refractivity contribution < 1.29 is 8.42 Å². The predicted octanol–water partition coefficient (Wildman–Crippen LogP) is 2.18. The molecule has 0 spiro atoms. The van der Waals surface area contributed by atoms with Crippen molar-refractivity contribution in [3.05, 3.63) is 33.6 Å².